The lowest BCUT2D eigenvalue weighted by molar-refractivity contribution is 0.0670. The fourth-order valence-corrected chi connectivity index (χ4v) is 2.40. The number of amides is 1. The van der Waals surface area contributed by atoms with E-state index in [1.807, 2.05) is 18.7 Å². The Labute approximate surface area is 114 Å². The van der Waals surface area contributed by atoms with Gasteiger partial charge in [-0.15, -0.1) is 0 Å². The molecule has 5 nitrogen and oxygen atoms in total. The highest BCUT2D eigenvalue weighted by atomic mass is 16.2. The quantitative estimate of drug-likeness (QED) is 0.892. The van der Waals surface area contributed by atoms with E-state index in [-0.39, 0.29) is 11.9 Å². The van der Waals surface area contributed by atoms with Crippen molar-refractivity contribution in [2.45, 2.75) is 45.2 Å². The summed E-state index contributed by atoms with van der Waals surface area (Å²) in [5.74, 6) is -0.0320. The van der Waals surface area contributed by atoms with Crippen LogP contribution < -0.4 is 5.32 Å². The smallest absolute Gasteiger partial charge is 0.274 e. The Morgan fingerprint density at radius 3 is 2.89 bits per heavy atom. The third kappa shape index (κ3) is 3.73. The molecule has 1 unspecified atom stereocenters. The molecule has 1 fully saturated rings. The fourth-order valence-electron chi connectivity index (χ4n) is 2.40. The second-order valence-corrected chi connectivity index (χ2v) is 5.29. The first-order chi connectivity index (χ1) is 9.18. The van der Waals surface area contributed by atoms with E-state index < -0.39 is 0 Å². The van der Waals surface area contributed by atoms with Crippen LogP contribution in [0.1, 0.15) is 43.6 Å². The molecule has 0 saturated carbocycles. The van der Waals surface area contributed by atoms with Crippen molar-refractivity contribution in [3.8, 4) is 0 Å². The number of piperidine rings is 1. The van der Waals surface area contributed by atoms with E-state index in [1.165, 1.54) is 19.0 Å². The van der Waals surface area contributed by atoms with Crippen LogP contribution in [0.2, 0.25) is 0 Å². The molecule has 0 radical (unpaired) electrons. The van der Waals surface area contributed by atoms with Crippen molar-refractivity contribution in [1.82, 2.24) is 20.2 Å². The Balaban J connectivity index is 2.05. The van der Waals surface area contributed by atoms with Gasteiger partial charge in [-0.1, -0.05) is 6.42 Å². The van der Waals surface area contributed by atoms with E-state index >= 15 is 0 Å². The normalized spacial score (nSPS) is 19.4. The third-order valence-corrected chi connectivity index (χ3v) is 3.50. The standard InChI is InChI=1S/C14H22N4O/c1-11(2)18(10-12-5-3-4-6-16-12)14(19)13-9-15-7-8-17-13/h7-9,11-12,16H,3-6,10H2,1-2H3. The average molecular weight is 262 g/mol. The maximum absolute atomic E-state index is 12.5. The topological polar surface area (TPSA) is 58.1 Å². The third-order valence-electron chi connectivity index (χ3n) is 3.50. The summed E-state index contributed by atoms with van der Waals surface area (Å²) in [6, 6.07) is 0.565. The van der Waals surface area contributed by atoms with Gasteiger partial charge in [0.2, 0.25) is 0 Å². The SMILES string of the molecule is CC(C)N(CC1CCCCN1)C(=O)c1cnccn1. The first-order valence-corrected chi connectivity index (χ1v) is 6.99. The summed E-state index contributed by atoms with van der Waals surface area (Å²) in [6.07, 6.45) is 8.28. The van der Waals surface area contributed by atoms with Crippen LogP contribution in [-0.4, -0.2) is 45.9 Å². The molecule has 1 atom stereocenters. The number of carbonyl (C=O) groups excluding carboxylic acids is 1. The van der Waals surface area contributed by atoms with Crippen LogP contribution in [0.15, 0.2) is 18.6 Å². The zero-order valence-electron chi connectivity index (χ0n) is 11.7. The number of aromatic nitrogens is 2. The van der Waals surface area contributed by atoms with Crippen molar-refractivity contribution < 1.29 is 4.79 Å². The van der Waals surface area contributed by atoms with Crippen molar-refractivity contribution in [2.75, 3.05) is 13.1 Å². The van der Waals surface area contributed by atoms with Crippen LogP contribution >= 0.6 is 0 Å². The molecule has 19 heavy (non-hydrogen) atoms. The number of carbonyl (C=O) groups is 1. The molecule has 1 aliphatic heterocycles. The summed E-state index contributed by atoms with van der Waals surface area (Å²) < 4.78 is 0. The van der Waals surface area contributed by atoms with Gasteiger partial charge in [0.25, 0.3) is 5.91 Å². The highest BCUT2D eigenvalue weighted by molar-refractivity contribution is 5.92. The average Bonchev–Trinajstić information content (AvgIpc) is 2.46. The summed E-state index contributed by atoms with van der Waals surface area (Å²) in [4.78, 5) is 22.4. The molecular weight excluding hydrogens is 240 g/mol. The number of nitrogens with one attached hydrogen (secondary N) is 1. The highest BCUT2D eigenvalue weighted by Gasteiger charge is 2.24. The second-order valence-electron chi connectivity index (χ2n) is 5.29. The summed E-state index contributed by atoms with van der Waals surface area (Å²) in [5, 5.41) is 3.48. The molecule has 1 aliphatic rings. The number of rotatable bonds is 4. The molecule has 2 rings (SSSR count). The van der Waals surface area contributed by atoms with Gasteiger partial charge < -0.3 is 10.2 Å². The molecule has 5 heteroatoms. The monoisotopic (exact) mass is 262 g/mol. The van der Waals surface area contributed by atoms with Gasteiger partial charge in [-0.05, 0) is 33.2 Å². The van der Waals surface area contributed by atoms with Crippen molar-refractivity contribution in [3.05, 3.63) is 24.3 Å². The zero-order chi connectivity index (χ0) is 13.7. The van der Waals surface area contributed by atoms with Gasteiger partial charge in [0.1, 0.15) is 5.69 Å². The van der Waals surface area contributed by atoms with Gasteiger partial charge in [0.05, 0.1) is 6.20 Å². The Hall–Kier alpha value is -1.49. The first-order valence-electron chi connectivity index (χ1n) is 6.99. The minimum Gasteiger partial charge on any atom is -0.333 e. The number of nitrogens with zero attached hydrogens (tertiary/aromatic N) is 3. The minimum atomic E-state index is -0.0320. The molecule has 1 aromatic rings. The van der Waals surface area contributed by atoms with Gasteiger partial charge >= 0.3 is 0 Å². The van der Waals surface area contributed by atoms with Gasteiger partial charge in [0.15, 0.2) is 0 Å². The first kappa shape index (κ1) is 13.9. The number of hydrogen-bond acceptors (Lipinski definition) is 4. The van der Waals surface area contributed by atoms with Gasteiger partial charge in [-0.2, -0.15) is 0 Å². The lowest BCUT2D eigenvalue weighted by atomic mass is 10.0. The Morgan fingerprint density at radius 1 is 1.47 bits per heavy atom. The predicted molar refractivity (Wildman–Crippen MR) is 73.8 cm³/mol. The van der Waals surface area contributed by atoms with E-state index in [0.29, 0.717) is 11.7 Å². The van der Waals surface area contributed by atoms with Gasteiger partial charge in [-0.25, -0.2) is 4.98 Å². The Kier molecular flexibility index (Phi) is 4.85. The molecular formula is C14H22N4O. The molecule has 0 aliphatic carbocycles. The predicted octanol–water partition coefficient (Wildman–Crippen LogP) is 1.47. The Bertz CT molecular complexity index is 401. The summed E-state index contributed by atoms with van der Waals surface area (Å²) in [5.41, 5.74) is 0.423. The molecule has 1 saturated heterocycles. The molecule has 0 bridgehead atoms. The van der Waals surface area contributed by atoms with Crippen LogP contribution in [0.5, 0.6) is 0 Å². The lowest BCUT2D eigenvalue weighted by Gasteiger charge is -2.33. The van der Waals surface area contributed by atoms with E-state index in [4.69, 9.17) is 0 Å². The maximum atomic E-state index is 12.5. The van der Waals surface area contributed by atoms with Crippen LogP contribution in [0, 0.1) is 0 Å². The summed E-state index contributed by atoms with van der Waals surface area (Å²) >= 11 is 0. The molecule has 1 N–H and O–H groups in total. The molecule has 1 aromatic heterocycles. The van der Waals surface area contributed by atoms with Crippen molar-refractivity contribution in [3.63, 3.8) is 0 Å². The van der Waals surface area contributed by atoms with E-state index in [0.717, 1.165) is 19.5 Å². The van der Waals surface area contributed by atoms with Gasteiger partial charge in [0, 0.05) is 31.0 Å². The van der Waals surface area contributed by atoms with E-state index in [9.17, 15) is 4.79 Å². The lowest BCUT2D eigenvalue weighted by Crippen LogP contribution is -2.48. The van der Waals surface area contributed by atoms with Crippen molar-refractivity contribution in [2.24, 2.45) is 0 Å². The zero-order valence-corrected chi connectivity index (χ0v) is 11.7. The van der Waals surface area contributed by atoms with Crippen LogP contribution in [0.25, 0.3) is 0 Å². The molecule has 104 valence electrons. The largest absolute Gasteiger partial charge is 0.333 e. The second kappa shape index (κ2) is 6.61. The van der Waals surface area contributed by atoms with Crippen molar-refractivity contribution >= 4 is 5.91 Å². The van der Waals surface area contributed by atoms with Crippen LogP contribution in [0.3, 0.4) is 0 Å². The van der Waals surface area contributed by atoms with Crippen LogP contribution in [-0.2, 0) is 0 Å². The molecule has 1 amide bonds. The molecule has 0 spiro atoms. The maximum Gasteiger partial charge on any atom is 0.274 e. The van der Waals surface area contributed by atoms with E-state index in [2.05, 4.69) is 15.3 Å². The van der Waals surface area contributed by atoms with Crippen molar-refractivity contribution in [1.29, 1.82) is 0 Å². The summed E-state index contributed by atoms with van der Waals surface area (Å²) in [6.45, 7) is 5.87. The highest BCUT2D eigenvalue weighted by Crippen LogP contribution is 2.12. The minimum absolute atomic E-state index is 0.0320. The molecule has 0 aromatic carbocycles. The van der Waals surface area contributed by atoms with Gasteiger partial charge in [-0.3, -0.25) is 9.78 Å². The van der Waals surface area contributed by atoms with Crippen LogP contribution in [0.4, 0.5) is 0 Å². The van der Waals surface area contributed by atoms with E-state index in [1.54, 1.807) is 12.4 Å². The number of hydrogen-bond donors (Lipinski definition) is 1. The molecule has 2 heterocycles. The Morgan fingerprint density at radius 2 is 2.32 bits per heavy atom. The summed E-state index contributed by atoms with van der Waals surface area (Å²) in [7, 11) is 0. The fraction of sp³-hybridized carbons (Fsp3) is 0.643.